The molecular formula is C18H21N. The molecule has 0 unspecified atom stereocenters. The van der Waals surface area contributed by atoms with Crippen molar-refractivity contribution in [1.29, 1.82) is 0 Å². The highest BCUT2D eigenvalue weighted by molar-refractivity contribution is 5.69. The van der Waals surface area contributed by atoms with Crippen LogP contribution in [-0.4, -0.2) is 4.57 Å². The molecule has 0 atom stereocenters. The Hall–Kier alpha value is -1.50. The minimum absolute atomic E-state index is 1.20. The molecule has 0 aliphatic heterocycles. The van der Waals surface area contributed by atoms with E-state index in [0.29, 0.717) is 0 Å². The molecule has 98 valence electrons. The van der Waals surface area contributed by atoms with E-state index in [4.69, 9.17) is 0 Å². The molecule has 4 rings (SSSR count). The smallest absolute Gasteiger partial charge is 0.0412 e. The van der Waals surface area contributed by atoms with Crippen LogP contribution in [0.2, 0.25) is 0 Å². The summed E-state index contributed by atoms with van der Waals surface area (Å²) in [6.07, 6.45) is 21.9. The van der Waals surface area contributed by atoms with E-state index >= 15 is 0 Å². The Labute approximate surface area is 115 Å². The number of fused-ring (bicyclic) bond motifs is 3. The van der Waals surface area contributed by atoms with E-state index in [-0.39, 0.29) is 0 Å². The Morgan fingerprint density at radius 3 is 2.58 bits per heavy atom. The number of nitrogens with zero attached hydrogens (tertiary/aromatic N) is 1. The third kappa shape index (κ3) is 1.75. The monoisotopic (exact) mass is 251 g/mol. The second-order valence-electron chi connectivity index (χ2n) is 5.88. The van der Waals surface area contributed by atoms with E-state index in [1.54, 1.807) is 22.5 Å². The number of rotatable bonds is 1. The van der Waals surface area contributed by atoms with Gasteiger partial charge in [-0.1, -0.05) is 24.3 Å². The minimum atomic E-state index is 1.20. The Morgan fingerprint density at radius 1 is 0.789 bits per heavy atom. The summed E-state index contributed by atoms with van der Waals surface area (Å²) in [5, 5.41) is 0. The van der Waals surface area contributed by atoms with Gasteiger partial charge in [-0.25, -0.2) is 0 Å². The number of hydrogen-bond acceptors (Lipinski definition) is 0. The summed E-state index contributed by atoms with van der Waals surface area (Å²) in [7, 11) is 0. The molecule has 0 aromatic carbocycles. The average Bonchev–Trinajstić information content (AvgIpc) is 2.83. The van der Waals surface area contributed by atoms with Crippen molar-refractivity contribution in [3.8, 4) is 0 Å². The van der Waals surface area contributed by atoms with Gasteiger partial charge in [0.05, 0.1) is 0 Å². The van der Waals surface area contributed by atoms with Crippen LogP contribution < -0.4 is 0 Å². The summed E-state index contributed by atoms with van der Waals surface area (Å²) in [5.74, 6) is 0. The fourth-order valence-corrected chi connectivity index (χ4v) is 3.83. The van der Waals surface area contributed by atoms with Gasteiger partial charge >= 0.3 is 0 Å². The zero-order chi connectivity index (χ0) is 12.7. The van der Waals surface area contributed by atoms with E-state index in [1.807, 2.05) is 0 Å². The van der Waals surface area contributed by atoms with Gasteiger partial charge in [-0.15, -0.1) is 0 Å². The molecule has 19 heavy (non-hydrogen) atoms. The van der Waals surface area contributed by atoms with Crippen molar-refractivity contribution in [2.75, 3.05) is 0 Å². The van der Waals surface area contributed by atoms with E-state index in [9.17, 15) is 0 Å². The molecule has 3 aliphatic carbocycles. The third-order valence-corrected chi connectivity index (χ3v) is 4.68. The van der Waals surface area contributed by atoms with Crippen LogP contribution in [0.3, 0.4) is 0 Å². The SMILES string of the molecule is C1=CC(n2c3c(c4c2CCCC4)C=CCC3)=CCC1. The van der Waals surface area contributed by atoms with Crippen molar-refractivity contribution in [2.45, 2.75) is 51.4 Å². The maximum atomic E-state index is 2.60. The molecule has 0 radical (unpaired) electrons. The van der Waals surface area contributed by atoms with Crippen LogP contribution in [0, 0.1) is 0 Å². The van der Waals surface area contributed by atoms with Crippen LogP contribution in [0.5, 0.6) is 0 Å². The van der Waals surface area contributed by atoms with Crippen LogP contribution in [0.4, 0.5) is 0 Å². The first-order valence-corrected chi connectivity index (χ1v) is 7.74. The predicted molar refractivity (Wildman–Crippen MR) is 81.1 cm³/mol. The molecule has 1 aromatic heterocycles. The van der Waals surface area contributed by atoms with Gasteiger partial charge in [0.25, 0.3) is 0 Å². The highest BCUT2D eigenvalue weighted by atomic mass is 15.0. The predicted octanol–water partition coefficient (Wildman–Crippen LogP) is 4.52. The van der Waals surface area contributed by atoms with Gasteiger partial charge in [-0.05, 0) is 68.6 Å². The quantitative estimate of drug-likeness (QED) is 0.691. The van der Waals surface area contributed by atoms with Crippen molar-refractivity contribution in [2.24, 2.45) is 0 Å². The van der Waals surface area contributed by atoms with Crippen molar-refractivity contribution >= 4 is 11.8 Å². The normalized spacial score (nSPS) is 20.9. The first-order chi connectivity index (χ1) is 9.45. The standard InChI is InChI=1S/C18H21N/c1-2-8-14(9-3-1)19-17-12-6-4-10-15(17)16-11-5-7-13-18(16)19/h2,4,8-10H,1,3,5-7,11-13H2. The number of aromatic nitrogens is 1. The molecule has 0 saturated carbocycles. The molecule has 1 nitrogen and oxygen atoms in total. The van der Waals surface area contributed by atoms with Gasteiger partial charge in [0.1, 0.15) is 0 Å². The van der Waals surface area contributed by atoms with Gasteiger partial charge in [0, 0.05) is 17.1 Å². The molecule has 0 bridgehead atoms. The van der Waals surface area contributed by atoms with Crippen molar-refractivity contribution < 1.29 is 0 Å². The van der Waals surface area contributed by atoms with Gasteiger partial charge in [-0.2, -0.15) is 0 Å². The van der Waals surface area contributed by atoms with E-state index in [2.05, 4.69) is 34.9 Å². The van der Waals surface area contributed by atoms with E-state index in [1.165, 1.54) is 57.1 Å². The molecule has 0 spiro atoms. The highest BCUT2D eigenvalue weighted by Gasteiger charge is 2.25. The van der Waals surface area contributed by atoms with Crippen LogP contribution in [0.25, 0.3) is 11.8 Å². The topological polar surface area (TPSA) is 4.93 Å². The van der Waals surface area contributed by atoms with Gasteiger partial charge in [0.2, 0.25) is 0 Å². The Morgan fingerprint density at radius 2 is 1.68 bits per heavy atom. The molecule has 1 aromatic rings. The molecule has 1 heterocycles. The van der Waals surface area contributed by atoms with Crippen LogP contribution >= 0.6 is 0 Å². The maximum absolute atomic E-state index is 2.60. The third-order valence-electron chi connectivity index (χ3n) is 4.68. The summed E-state index contributed by atoms with van der Waals surface area (Å²) in [6.45, 7) is 0. The number of allylic oxidation sites excluding steroid dienone is 5. The molecular weight excluding hydrogens is 230 g/mol. The average molecular weight is 251 g/mol. The van der Waals surface area contributed by atoms with Gasteiger partial charge in [-0.3, -0.25) is 0 Å². The van der Waals surface area contributed by atoms with Gasteiger partial charge < -0.3 is 4.57 Å². The Balaban J connectivity index is 1.94. The van der Waals surface area contributed by atoms with Gasteiger partial charge in [0.15, 0.2) is 0 Å². The lowest BCUT2D eigenvalue weighted by atomic mass is 9.92. The first-order valence-electron chi connectivity index (χ1n) is 7.74. The summed E-state index contributed by atoms with van der Waals surface area (Å²) in [6, 6.07) is 0. The Bertz CT molecular complexity index is 596. The summed E-state index contributed by atoms with van der Waals surface area (Å²) < 4.78 is 2.60. The fourth-order valence-electron chi connectivity index (χ4n) is 3.83. The minimum Gasteiger partial charge on any atom is -0.317 e. The highest BCUT2D eigenvalue weighted by Crippen LogP contribution is 2.36. The molecule has 1 heteroatoms. The second kappa shape index (κ2) is 4.56. The van der Waals surface area contributed by atoms with Crippen LogP contribution in [0.1, 0.15) is 54.6 Å². The lowest BCUT2D eigenvalue weighted by molar-refractivity contribution is 0.662. The van der Waals surface area contributed by atoms with Crippen LogP contribution in [-0.2, 0) is 19.3 Å². The molecule has 3 aliphatic rings. The molecule has 0 amide bonds. The summed E-state index contributed by atoms with van der Waals surface area (Å²) in [4.78, 5) is 0. The Kier molecular flexibility index (Phi) is 2.72. The van der Waals surface area contributed by atoms with Crippen molar-refractivity contribution in [3.05, 3.63) is 46.8 Å². The lowest BCUT2D eigenvalue weighted by Crippen LogP contribution is -2.10. The number of hydrogen-bond donors (Lipinski definition) is 0. The largest absolute Gasteiger partial charge is 0.317 e. The molecule has 0 saturated heterocycles. The fraction of sp³-hybridized carbons (Fsp3) is 0.444. The van der Waals surface area contributed by atoms with E-state index < -0.39 is 0 Å². The lowest BCUT2D eigenvalue weighted by Gasteiger charge is -2.19. The summed E-state index contributed by atoms with van der Waals surface area (Å²) >= 11 is 0. The molecule has 0 N–H and O–H groups in total. The summed E-state index contributed by atoms with van der Waals surface area (Å²) in [5.41, 5.74) is 7.83. The zero-order valence-electron chi connectivity index (χ0n) is 11.5. The molecule has 0 fully saturated rings. The van der Waals surface area contributed by atoms with Crippen LogP contribution in [0.15, 0.2) is 24.3 Å². The van der Waals surface area contributed by atoms with E-state index in [0.717, 1.165) is 0 Å². The first kappa shape index (κ1) is 11.3. The second-order valence-corrected chi connectivity index (χ2v) is 5.88. The maximum Gasteiger partial charge on any atom is 0.0412 e. The van der Waals surface area contributed by atoms with Crippen molar-refractivity contribution in [3.63, 3.8) is 0 Å². The zero-order valence-corrected chi connectivity index (χ0v) is 11.5. The van der Waals surface area contributed by atoms with Crippen molar-refractivity contribution in [1.82, 2.24) is 4.57 Å².